The van der Waals surface area contributed by atoms with Crippen LogP contribution in [0.25, 0.3) is 0 Å². The van der Waals surface area contributed by atoms with Gasteiger partial charge in [0.2, 0.25) is 0 Å². The number of nitrogens with zero attached hydrogens (tertiary/aromatic N) is 1. The van der Waals surface area contributed by atoms with E-state index < -0.39 is 0 Å². The van der Waals surface area contributed by atoms with Crippen molar-refractivity contribution in [3.05, 3.63) is 90.5 Å². The molecule has 2 heteroatoms. The lowest BCUT2D eigenvalue weighted by molar-refractivity contribution is 0.350. The van der Waals surface area contributed by atoms with E-state index in [1.807, 2.05) is 60.7 Å². The fraction of sp³-hybridized carbons (Fsp3) is 0.0476. The molecular weight excluding hydrogens is 282 g/mol. The summed E-state index contributed by atoms with van der Waals surface area (Å²) in [7, 11) is 0. The van der Waals surface area contributed by atoms with Crippen LogP contribution in [0.4, 0.5) is 17.1 Å². The van der Waals surface area contributed by atoms with E-state index in [1.165, 1.54) is 0 Å². The van der Waals surface area contributed by atoms with E-state index in [9.17, 15) is 0 Å². The summed E-state index contributed by atoms with van der Waals surface area (Å²) in [5, 5.41) is 8.79. The van der Waals surface area contributed by atoms with Crippen LogP contribution in [0.3, 0.4) is 0 Å². The highest BCUT2D eigenvalue weighted by Gasteiger charge is 2.11. The van der Waals surface area contributed by atoms with Crippen molar-refractivity contribution in [1.29, 1.82) is 0 Å². The third-order valence-corrected chi connectivity index (χ3v) is 3.47. The van der Waals surface area contributed by atoms with Crippen LogP contribution in [0.15, 0.2) is 84.9 Å². The molecule has 112 valence electrons. The van der Waals surface area contributed by atoms with Gasteiger partial charge in [0.15, 0.2) is 0 Å². The van der Waals surface area contributed by atoms with Crippen LogP contribution in [0.1, 0.15) is 5.56 Å². The van der Waals surface area contributed by atoms with Gasteiger partial charge in [-0.2, -0.15) is 0 Å². The molecule has 0 spiro atoms. The van der Waals surface area contributed by atoms with Gasteiger partial charge in [-0.05, 0) is 48.5 Å². The summed E-state index contributed by atoms with van der Waals surface area (Å²) >= 11 is 0. The van der Waals surface area contributed by atoms with E-state index >= 15 is 0 Å². The number of hydrogen-bond donors (Lipinski definition) is 1. The molecule has 0 aliphatic carbocycles. The lowest BCUT2D eigenvalue weighted by atomic mass is 10.1. The average Bonchev–Trinajstić information content (AvgIpc) is 2.63. The molecule has 0 saturated carbocycles. The van der Waals surface area contributed by atoms with Crippen LogP contribution in [0.2, 0.25) is 0 Å². The summed E-state index contributed by atoms with van der Waals surface area (Å²) in [6, 6.07) is 28.5. The van der Waals surface area contributed by atoms with E-state index in [0.29, 0.717) is 0 Å². The molecule has 0 heterocycles. The molecule has 0 aromatic heterocycles. The van der Waals surface area contributed by atoms with Gasteiger partial charge in [0.05, 0.1) is 0 Å². The van der Waals surface area contributed by atoms with Crippen LogP contribution in [0.5, 0.6) is 0 Å². The second-order valence-corrected chi connectivity index (χ2v) is 5.01. The monoisotopic (exact) mass is 299 g/mol. The quantitative estimate of drug-likeness (QED) is 0.720. The van der Waals surface area contributed by atoms with Crippen molar-refractivity contribution in [2.45, 2.75) is 0 Å². The molecule has 1 N–H and O–H groups in total. The first kappa shape index (κ1) is 14.9. The van der Waals surface area contributed by atoms with Crippen molar-refractivity contribution >= 4 is 17.1 Å². The summed E-state index contributed by atoms with van der Waals surface area (Å²) in [6.45, 7) is -0.123. The highest BCUT2D eigenvalue weighted by Crippen LogP contribution is 2.33. The molecule has 0 atom stereocenters. The Morgan fingerprint density at radius 2 is 1.13 bits per heavy atom. The predicted molar refractivity (Wildman–Crippen MR) is 95.1 cm³/mol. The Kier molecular flexibility index (Phi) is 4.73. The zero-order valence-corrected chi connectivity index (χ0v) is 12.7. The fourth-order valence-electron chi connectivity index (χ4n) is 2.44. The van der Waals surface area contributed by atoms with E-state index in [4.69, 9.17) is 5.11 Å². The normalized spacial score (nSPS) is 9.78. The minimum atomic E-state index is -0.123. The van der Waals surface area contributed by atoms with Crippen LogP contribution < -0.4 is 4.90 Å². The molecule has 3 aromatic carbocycles. The van der Waals surface area contributed by atoms with Crippen molar-refractivity contribution in [2.24, 2.45) is 0 Å². The highest BCUT2D eigenvalue weighted by atomic mass is 16.2. The summed E-state index contributed by atoms with van der Waals surface area (Å²) in [4.78, 5) is 2.20. The number of aliphatic hydroxyl groups is 1. The number of aliphatic hydroxyl groups excluding tert-OH is 1. The van der Waals surface area contributed by atoms with Crippen LogP contribution in [0, 0.1) is 11.8 Å². The number of para-hydroxylation sites is 2. The molecule has 0 bridgehead atoms. The molecular formula is C21H17NO. The molecule has 0 radical (unpaired) electrons. The molecule has 3 aromatic rings. The Labute approximate surface area is 136 Å². The molecule has 0 amide bonds. The number of rotatable bonds is 3. The Balaban J connectivity index is 2.02. The first-order chi connectivity index (χ1) is 11.4. The number of hydrogen-bond acceptors (Lipinski definition) is 2. The molecule has 0 aliphatic rings. The Bertz CT molecular complexity index is 760. The zero-order valence-electron chi connectivity index (χ0n) is 12.7. The van der Waals surface area contributed by atoms with Crippen LogP contribution >= 0.6 is 0 Å². The Morgan fingerprint density at radius 3 is 1.61 bits per heavy atom. The van der Waals surface area contributed by atoms with Crippen LogP contribution in [-0.2, 0) is 0 Å². The fourth-order valence-corrected chi connectivity index (χ4v) is 2.44. The van der Waals surface area contributed by atoms with E-state index in [0.717, 1.165) is 22.6 Å². The van der Waals surface area contributed by atoms with E-state index in [-0.39, 0.29) is 6.61 Å². The molecule has 23 heavy (non-hydrogen) atoms. The maximum absolute atomic E-state index is 8.79. The van der Waals surface area contributed by atoms with Gasteiger partial charge in [-0.1, -0.05) is 48.2 Å². The SMILES string of the molecule is OCC#Cc1ccc(N(c2ccccc2)c2ccccc2)cc1. The van der Waals surface area contributed by atoms with Gasteiger partial charge in [-0.3, -0.25) is 0 Å². The van der Waals surface area contributed by atoms with Gasteiger partial charge in [-0.15, -0.1) is 0 Å². The molecule has 0 aliphatic heterocycles. The van der Waals surface area contributed by atoms with Crippen molar-refractivity contribution in [1.82, 2.24) is 0 Å². The summed E-state index contributed by atoms with van der Waals surface area (Å²) in [5.74, 6) is 5.59. The van der Waals surface area contributed by atoms with E-state index in [2.05, 4.69) is 41.0 Å². The topological polar surface area (TPSA) is 23.5 Å². The van der Waals surface area contributed by atoms with Gasteiger partial charge in [-0.25, -0.2) is 0 Å². The molecule has 2 nitrogen and oxygen atoms in total. The van der Waals surface area contributed by atoms with Gasteiger partial charge in [0.25, 0.3) is 0 Å². The first-order valence-corrected chi connectivity index (χ1v) is 7.48. The first-order valence-electron chi connectivity index (χ1n) is 7.48. The predicted octanol–water partition coefficient (Wildman–Crippen LogP) is 4.50. The number of benzene rings is 3. The summed E-state index contributed by atoms with van der Waals surface area (Å²) in [5.41, 5.74) is 4.17. The summed E-state index contributed by atoms with van der Waals surface area (Å²) in [6.07, 6.45) is 0. The van der Waals surface area contributed by atoms with E-state index in [1.54, 1.807) is 0 Å². The van der Waals surface area contributed by atoms with Crippen LogP contribution in [-0.4, -0.2) is 11.7 Å². The highest BCUT2D eigenvalue weighted by molar-refractivity contribution is 5.76. The van der Waals surface area contributed by atoms with Gasteiger partial charge < -0.3 is 10.0 Å². The standard InChI is InChI=1S/C21H17NO/c23-17-7-8-18-13-15-21(16-14-18)22(19-9-3-1-4-10-19)20-11-5-2-6-12-20/h1-6,9-16,23H,17H2. The maximum atomic E-state index is 8.79. The van der Waals surface area contributed by atoms with Gasteiger partial charge in [0, 0.05) is 22.6 Å². The van der Waals surface area contributed by atoms with Crippen molar-refractivity contribution < 1.29 is 5.11 Å². The number of anilines is 3. The maximum Gasteiger partial charge on any atom is 0.104 e. The molecule has 3 rings (SSSR count). The largest absolute Gasteiger partial charge is 0.384 e. The molecule has 0 unspecified atom stereocenters. The van der Waals surface area contributed by atoms with Crippen molar-refractivity contribution in [2.75, 3.05) is 11.5 Å². The third-order valence-electron chi connectivity index (χ3n) is 3.47. The lowest BCUT2D eigenvalue weighted by Gasteiger charge is -2.25. The minimum absolute atomic E-state index is 0.123. The lowest BCUT2D eigenvalue weighted by Crippen LogP contribution is -2.09. The minimum Gasteiger partial charge on any atom is -0.384 e. The van der Waals surface area contributed by atoms with Crippen molar-refractivity contribution in [3.8, 4) is 11.8 Å². The van der Waals surface area contributed by atoms with Gasteiger partial charge in [0.1, 0.15) is 6.61 Å². The smallest absolute Gasteiger partial charge is 0.104 e. The van der Waals surface area contributed by atoms with Gasteiger partial charge >= 0.3 is 0 Å². The zero-order chi connectivity index (χ0) is 15.9. The molecule has 0 fully saturated rings. The van der Waals surface area contributed by atoms with Crippen molar-refractivity contribution in [3.63, 3.8) is 0 Å². The second-order valence-electron chi connectivity index (χ2n) is 5.01. The molecule has 0 saturated heterocycles. The Morgan fingerprint density at radius 1 is 0.652 bits per heavy atom. The average molecular weight is 299 g/mol. The Hall–Kier alpha value is -3.02. The second kappa shape index (κ2) is 7.31. The summed E-state index contributed by atoms with van der Waals surface area (Å²) < 4.78 is 0. The third kappa shape index (κ3) is 3.60.